The Balaban J connectivity index is 2.16. The quantitative estimate of drug-likeness (QED) is 0.410. The first-order valence-electron chi connectivity index (χ1n) is 8.91. The molecule has 23 heavy (non-hydrogen) atoms. The summed E-state index contributed by atoms with van der Waals surface area (Å²) >= 11 is 1.66. The van der Waals surface area contributed by atoms with Crippen LogP contribution < -0.4 is 5.32 Å². The summed E-state index contributed by atoms with van der Waals surface area (Å²) in [5.74, 6) is 1.02. The first-order valence-corrected chi connectivity index (χ1v) is 9.96. The van der Waals surface area contributed by atoms with E-state index in [4.69, 9.17) is 0 Å². The Kier molecular flexibility index (Phi) is 10.1. The first kappa shape index (κ1) is 20.1. The maximum absolute atomic E-state index is 12.3. The highest BCUT2D eigenvalue weighted by molar-refractivity contribution is 8.00. The Morgan fingerprint density at radius 2 is 1.96 bits per heavy atom. The molecule has 0 bridgehead atoms. The minimum absolute atomic E-state index is 0.0225. The summed E-state index contributed by atoms with van der Waals surface area (Å²) in [5, 5.41) is 2.92. The van der Waals surface area contributed by atoms with Gasteiger partial charge in [0.2, 0.25) is 11.8 Å². The van der Waals surface area contributed by atoms with E-state index in [1.807, 2.05) is 7.05 Å². The number of rotatable bonds is 13. The second-order valence-corrected chi connectivity index (χ2v) is 7.48. The van der Waals surface area contributed by atoms with Gasteiger partial charge in [-0.1, -0.05) is 39.2 Å². The zero-order chi connectivity index (χ0) is 17.1. The van der Waals surface area contributed by atoms with Gasteiger partial charge < -0.3 is 5.32 Å². The second-order valence-electron chi connectivity index (χ2n) is 6.17. The molecule has 132 valence electrons. The molecule has 1 N–H and O–H groups in total. The predicted octanol–water partition coefficient (Wildman–Crippen LogP) is 3.72. The van der Waals surface area contributed by atoms with E-state index in [2.05, 4.69) is 18.8 Å². The number of nitrogens with one attached hydrogen (secondary N) is 1. The predicted molar refractivity (Wildman–Crippen MR) is 98.4 cm³/mol. The van der Waals surface area contributed by atoms with Crippen molar-refractivity contribution in [3.05, 3.63) is 12.3 Å². The molecule has 1 aliphatic heterocycles. The molecular formula is C18H32N2O2S. The van der Waals surface area contributed by atoms with E-state index < -0.39 is 0 Å². The molecular weight excluding hydrogens is 308 g/mol. The number of hydrogen-bond donors (Lipinski definition) is 1. The van der Waals surface area contributed by atoms with Crippen LogP contribution in [0.25, 0.3) is 0 Å². The van der Waals surface area contributed by atoms with Gasteiger partial charge in [-0.25, -0.2) is 0 Å². The Hall–Kier alpha value is -0.970. The number of carbonyl (C=O) groups is 2. The number of imide groups is 1. The lowest BCUT2D eigenvalue weighted by atomic mass is 10.2. The molecule has 0 saturated carbocycles. The van der Waals surface area contributed by atoms with Crippen molar-refractivity contribution >= 4 is 23.6 Å². The van der Waals surface area contributed by atoms with Crippen LogP contribution in [0, 0.1) is 0 Å². The lowest BCUT2D eigenvalue weighted by Gasteiger charge is -2.14. The number of likely N-dealkylation sites (tertiary alicyclic amines) is 1. The van der Waals surface area contributed by atoms with Crippen LogP contribution in [0.15, 0.2) is 12.3 Å². The van der Waals surface area contributed by atoms with Crippen molar-refractivity contribution < 1.29 is 9.59 Å². The second kappa shape index (κ2) is 11.5. The van der Waals surface area contributed by atoms with Crippen molar-refractivity contribution in [2.75, 3.05) is 19.3 Å². The first-order chi connectivity index (χ1) is 11.1. The molecule has 0 aromatic carbocycles. The van der Waals surface area contributed by atoms with Crippen molar-refractivity contribution in [1.82, 2.24) is 10.2 Å². The van der Waals surface area contributed by atoms with Crippen LogP contribution >= 0.6 is 11.8 Å². The summed E-state index contributed by atoms with van der Waals surface area (Å²) in [6.07, 6.45) is 9.15. The molecule has 1 rings (SSSR count). The molecule has 0 aromatic heterocycles. The Bertz CT molecular complexity index is 398. The van der Waals surface area contributed by atoms with Gasteiger partial charge >= 0.3 is 0 Å². The van der Waals surface area contributed by atoms with E-state index in [0.717, 1.165) is 50.0 Å². The van der Waals surface area contributed by atoms with Crippen LogP contribution in [0.1, 0.15) is 64.7 Å². The van der Waals surface area contributed by atoms with E-state index >= 15 is 0 Å². The SMILES string of the molecule is C=C(CCCCCSC1CC(=O)N(CCCCCC)C1=O)NC. The highest BCUT2D eigenvalue weighted by Gasteiger charge is 2.37. The molecule has 0 radical (unpaired) electrons. The fourth-order valence-electron chi connectivity index (χ4n) is 2.68. The topological polar surface area (TPSA) is 49.4 Å². The number of unbranched alkanes of at least 4 members (excludes halogenated alkanes) is 5. The summed E-state index contributed by atoms with van der Waals surface area (Å²) < 4.78 is 0. The molecule has 1 saturated heterocycles. The summed E-state index contributed by atoms with van der Waals surface area (Å²) in [4.78, 5) is 25.8. The fourth-order valence-corrected chi connectivity index (χ4v) is 3.87. The zero-order valence-electron chi connectivity index (χ0n) is 14.7. The summed E-state index contributed by atoms with van der Waals surface area (Å²) in [6, 6.07) is 0. The average molecular weight is 341 g/mol. The van der Waals surface area contributed by atoms with Crippen molar-refractivity contribution in [2.24, 2.45) is 0 Å². The zero-order valence-corrected chi connectivity index (χ0v) is 15.6. The highest BCUT2D eigenvalue weighted by atomic mass is 32.2. The highest BCUT2D eigenvalue weighted by Crippen LogP contribution is 2.26. The standard InChI is InChI=1S/C18H32N2O2S/c1-4-5-6-9-12-20-17(21)14-16(18(20)22)23-13-10-7-8-11-15(2)19-3/h16,19H,2,4-14H2,1,3H3. The monoisotopic (exact) mass is 340 g/mol. The van der Waals surface area contributed by atoms with Gasteiger partial charge in [-0.15, -0.1) is 11.8 Å². The minimum Gasteiger partial charge on any atom is -0.392 e. The third-order valence-electron chi connectivity index (χ3n) is 4.23. The van der Waals surface area contributed by atoms with Crippen LogP contribution in [0.4, 0.5) is 0 Å². The van der Waals surface area contributed by atoms with Gasteiger partial charge in [0.15, 0.2) is 0 Å². The Morgan fingerprint density at radius 3 is 2.65 bits per heavy atom. The molecule has 1 atom stereocenters. The van der Waals surface area contributed by atoms with E-state index in [9.17, 15) is 9.59 Å². The van der Waals surface area contributed by atoms with Crippen molar-refractivity contribution in [3.8, 4) is 0 Å². The van der Waals surface area contributed by atoms with E-state index in [1.54, 1.807) is 11.8 Å². The number of amides is 2. The van der Waals surface area contributed by atoms with Gasteiger partial charge in [-0.2, -0.15) is 0 Å². The maximum atomic E-state index is 12.3. The fraction of sp³-hybridized carbons (Fsp3) is 0.778. The molecule has 4 nitrogen and oxygen atoms in total. The summed E-state index contributed by atoms with van der Waals surface area (Å²) in [5.41, 5.74) is 1.08. The third kappa shape index (κ3) is 7.42. The van der Waals surface area contributed by atoms with E-state index in [-0.39, 0.29) is 17.1 Å². The minimum atomic E-state index is -0.138. The molecule has 0 aromatic rings. The van der Waals surface area contributed by atoms with Crippen LogP contribution in [0.5, 0.6) is 0 Å². The molecule has 2 amide bonds. The molecule has 5 heteroatoms. The van der Waals surface area contributed by atoms with E-state index in [1.165, 1.54) is 17.7 Å². The third-order valence-corrected chi connectivity index (χ3v) is 5.53. The lowest BCUT2D eigenvalue weighted by molar-refractivity contribution is -0.138. The van der Waals surface area contributed by atoms with Gasteiger partial charge in [0.1, 0.15) is 0 Å². The number of carbonyl (C=O) groups excluding carboxylic acids is 2. The molecule has 0 aliphatic carbocycles. The smallest absolute Gasteiger partial charge is 0.242 e. The number of allylic oxidation sites excluding steroid dienone is 1. The summed E-state index contributed by atoms with van der Waals surface area (Å²) in [6.45, 7) is 6.68. The van der Waals surface area contributed by atoms with E-state index in [0.29, 0.717) is 13.0 Å². The average Bonchev–Trinajstić information content (AvgIpc) is 2.81. The normalized spacial score (nSPS) is 17.8. The van der Waals surface area contributed by atoms with Crippen LogP contribution in [-0.4, -0.2) is 41.3 Å². The summed E-state index contributed by atoms with van der Waals surface area (Å²) in [7, 11) is 1.90. The van der Waals surface area contributed by atoms with Crippen LogP contribution in [0.3, 0.4) is 0 Å². The van der Waals surface area contributed by atoms with Crippen molar-refractivity contribution in [3.63, 3.8) is 0 Å². The number of nitrogens with zero attached hydrogens (tertiary/aromatic N) is 1. The van der Waals surface area contributed by atoms with Crippen molar-refractivity contribution in [2.45, 2.75) is 70.0 Å². The van der Waals surface area contributed by atoms with Crippen molar-refractivity contribution in [1.29, 1.82) is 0 Å². The largest absolute Gasteiger partial charge is 0.392 e. The molecule has 1 fully saturated rings. The molecule has 1 unspecified atom stereocenters. The Labute approximate surface area is 145 Å². The molecule has 1 heterocycles. The molecule has 0 spiro atoms. The van der Waals surface area contributed by atoms with Gasteiger partial charge in [0.25, 0.3) is 0 Å². The van der Waals surface area contributed by atoms with Gasteiger partial charge in [-0.05, 0) is 31.4 Å². The Morgan fingerprint density at radius 1 is 1.22 bits per heavy atom. The van der Waals surface area contributed by atoms with Crippen LogP contribution in [-0.2, 0) is 9.59 Å². The number of thioether (sulfide) groups is 1. The van der Waals surface area contributed by atoms with Gasteiger partial charge in [0.05, 0.1) is 5.25 Å². The lowest BCUT2D eigenvalue weighted by Crippen LogP contribution is -2.32. The van der Waals surface area contributed by atoms with Gasteiger partial charge in [0, 0.05) is 25.7 Å². The number of hydrogen-bond acceptors (Lipinski definition) is 4. The van der Waals surface area contributed by atoms with Crippen LogP contribution in [0.2, 0.25) is 0 Å². The molecule has 1 aliphatic rings. The van der Waals surface area contributed by atoms with Gasteiger partial charge in [-0.3, -0.25) is 14.5 Å². The maximum Gasteiger partial charge on any atom is 0.242 e.